The summed E-state index contributed by atoms with van der Waals surface area (Å²) in [6.45, 7) is 1.86. The molecular weight excluding hydrogens is 128 g/mol. The predicted molar refractivity (Wildman–Crippen MR) is 42.1 cm³/mol. The van der Waals surface area contributed by atoms with Crippen molar-refractivity contribution in [2.45, 2.75) is 6.82 Å². The molecule has 0 aromatic heterocycles. The molecule has 0 spiro atoms. The van der Waals surface area contributed by atoms with Crippen molar-refractivity contribution < 1.29 is 4.39 Å². The van der Waals surface area contributed by atoms with Crippen LogP contribution >= 0.6 is 0 Å². The van der Waals surface area contributed by atoms with E-state index in [0.29, 0.717) is 5.69 Å². The van der Waals surface area contributed by atoms with E-state index in [0.717, 1.165) is 5.46 Å². The summed E-state index contributed by atoms with van der Waals surface area (Å²) in [7, 11) is 1.84. The van der Waals surface area contributed by atoms with Gasteiger partial charge >= 0.3 is 0 Å². The van der Waals surface area contributed by atoms with Gasteiger partial charge in [-0.15, -0.1) is 0 Å². The molecule has 1 aromatic rings. The molecule has 0 aliphatic heterocycles. The smallest absolute Gasteiger partial charge is 0.151 e. The van der Waals surface area contributed by atoms with Crippen LogP contribution in [0, 0.1) is 5.82 Å². The minimum atomic E-state index is -0.289. The predicted octanol–water partition coefficient (Wildman–Crippen LogP) is 0.786. The average molecular weight is 136 g/mol. The minimum Gasteiger partial charge on any atom is -0.399 e. The molecular formula is C7H8BFN. The molecule has 0 saturated heterocycles. The zero-order valence-electron chi connectivity index (χ0n) is 5.76. The second-order valence-electron chi connectivity index (χ2n) is 2.06. The topological polar surface area (TPSA) is 26.0 Å². The molecule has 1 nitrogen and oxygen atoms in total. The van der Waals surface area contributed by atoms with Crippen molar-refractivity contribution in [3.63, 3.8) is 0 Å². The second kappa shape index (κ2) is 2.73. The lowest BCUT2D eigenvalue weighted by molar-refractivity contribution is 0.629. The first-order valence-corrected chi connectivity index (χ1v) is 3.08. The van der Waals surface area contributed by atoms with Gasteiger partial charge in [0.1, 0.15) is 5.82 Å². The average Bonchev–Trinajstić information content (AvgIpc) is 1.88. The van der Waals surface area contributed by atoms with Gasteiger partial charge in [0.25, 0.3) is 0 Å². The Hall–Kier alpha value is -0.985. The van der Waals surface area contributed by atoms with Gasteiger partial charge in [-0.3, -0.25) is 0 Å². The van der Waals surface area contributed by atoms with Gasteiger partial charge in [-0.25, -0.2) is 4.39 Å². The third-order valence-electron chi connectivity index (χ3n) is 1.36. The summed E-state index contributed by atoms with van der Waals surface area (Å²) in [5.41, 5.74) is 6.83. The molecule has 3 heteroatoms. The molecule has 0 heterocycles. The third-order valence-corrected chi connectivity index (χ3v) is 1.36. The molecule has 0 atom stereocenters. The maximum Gasteiger partial charge on any atom is 0.151 e. The van der Waals surface area contributed by atoms with Gasteiger partial charge in [0.15, 0.2) is 7.28 Å². The lowest BCUT2D eigenvalue weighted by Gasteiger charge is -1.99. The van der Waals surface area contributed by atoms with Gasteiger partial charge in [-0.1, -0.05) is 18.4 Å². The van der Waals surface area contributed by atoms with Gasteiger partial charge in [0, 0.05) is 5.69 Å². The largest absolute Gasteiger partial charge is 0.399 e. The van der Waals surface area contributed by atoms with Crippen LogP contribution in [0.1, 0.15) is 0 Å². The van der Waals surface area contributed by atoms with Crippen molar-refractivity contribution in [1.29, 1.82) is 0 Å². The van der Waals surface area contributed by atoms with Gasteiger partial charge < -0.3 is 5.73 Å². The minimum absolute atomic E-state index is 0.289. The highest BCUT2D eigenvalue weighted by atomic mass is 19.1. The van der Waals surface area contributed by atoms with Crippen LogP contribution in [0.25, 0.3) is 0 Å². The normalized spacial score (nSPS) is 9.40. The Labute approximate surface area is 60.3 Å². The highest BCUT2D eigenvalue weighted by Gasteiger charge is 1.96. The Bertz CT molecular complexity index is 237. The molecule has 0 aliphatic carbocycles. The molecule has 1 radical (unpaired) electrons. The monoisotopic (exact) mass is 136 g/mol. The third kappa shape index (κ3) is 1.29. The van der Waals surface area contributed by atoms with Crippen molar-refractivity contribution >= 4 is 18.4 Å². The second-order valence-corrected chi connectivity index (χ2v) is 2.06. The maximum absolute atomic E-state index is 12.4. The van der Waals surface area contributed by atoms with E-state index in [2.05, 4.69) is 0 Å². The first-order chi connectivity index (χ1) is 4.74. The summed E-state index contributed by atoms with van der Waals surface area (Å²) in [4.78, 5) is 0. The van der Waals surface area contributed by atoms with Crippen molar-refractivity contribution in [1.82, 2.24) is 0 Å². The number of rotatable bonds is 1. The van der Waals surface area contributed by atoms with Crippen LogP contribution in [0.15, 0.2) is 18.2 Å². The summed E-state index contributed by atoms with van der Waals surface area (Å²) in [6, 6.07) is 4.37. The SMILES string of the molecule is C[B]c1ccc(F)cc1N. The number of anilines is 1. The van der Waals surface area contributed by atoms with E-state index in [4.69, 9.17) is 5.73 Å². The van der Waals surface area contributed by atoms with Crippen LogP contribution in [0.2, 0.25) is 6.82 Å². The molecule has 0 saturated carbocycles. The molecule has 51 valence electrons. The number of nitrogens with two attached hydrogens (primary N) is 1. The number of halogens is 1. The fourth-order valence-corrected chi connectivity index (χ4v) is 0.809. The highest BCUT2D eigenvalue weighted by molar-refractivity contribution is 6.54. The molecule has 1 rings (SSSR count). The molecule has 1 aromatic carbocycles. The summed E-state index contributed by atoms with van der Waals surface area (Å²) in [5.74, 6) is -0.289. The van der Waals surface area contributed by atoms with E-state index in [1.165, 1.54) is 12.1 Å². The van der Waals surface area contributed by atoms with Crippen LogP contribution in [0.3, 0.4) is 0 Å². The van der Waals surface area contributed by atoms with Crippen molar-refractivity contribution in [3.8, 4) is 0 Å². The lowest BCUT2D eigenvalue weighted by Crippen LogP contribution is -2.15. The van der Waals surface area contributed by atoms with Gasteiger partial charge in [0.05, 0.1) is 0 Å². The lowest BCUT2D eigenvalue weighted by atomic mass is 9.72. The zero-order valence-corrected chi connectivity index (χ0v) is 5.76. The van der Waals surface area contributed by atoms with Crippen LogP contribution in [-0.2, 0) is 0 Å². The van der Waals surface area contributed by atoms with Crippen LogP contribution in [-0.4, -0.2) is 7.28 Å². The van der Waals surface area contributed by atoms with Gasteiger partial charge in [-0.2, -0.15) is 0 Å². The van der Waals surface area contributed by atoms with E-state index in [1.807, 2.05) is 14.1 Å². The number of hydrogen-bond acceptors (Lipinski definition) is 1. The van der Waals surface area contributed by atoms with E-state index < -0.39 is 0 Å². The first kappa shape index (κ1) is 7.13. The standard InChI is InChI=1S/C7H8BFN/c1-8-6-3-2-5(9)4-7(6)10/h2-4H,10H2,1H3. The Balaban J connectivity index is 3.07. The zero-order chi connectivity index (χ0) is 7.56. The summed E-state index contributed by atoms with van der Waals surface area (Å²) < 4.78 is 12.4. The fraction of sp³-hybridized carbons (Fsp3) is 0.143. The molecule has 0 bridgehead atoms. The Kier molecular flexibility index (Phi) is 1.95. The van der Waals surface area contributed by atoms with Gasteiger partial charge in [-0.05, 0) is 12.1 Å². The van der Waals surface area contributed by atoms with E-state index in [9.17, 15) is 4.39 Å². The fourth-order valence-electron chi connectivity index (χ4n) is 0.809. The van der Waals surface area contributed by atoms with Crippen molar-refractivity contribution in [2.24, 2.45) is 0 Å². The Morgan fingerprint density at radius 3 is 2.70 bits per heavy atom. The molecule has 2 N–H and O–H groups in total. The summed E-state index contributed by atoms with van der Waals surface area (Å²) >= 11 is 0. The number of benzene rings is 1. The van der Waals surface area contributed by atoms with Crippen molar-refractivity contribution in [2.75, 3.05) is 5.73 Å². The van der Waals surface area contributed by atoms with Crippen LogP contribution in [0.5, 0.6) is 0 Å². The summed E-state index contributed by atoms with van der Waals surface area (Å²) in [6.07, 6.45) is 0. The van der Waals surface area contributed by atoms with E-state index in [1.54, 1.807) is 6.07 Å². The molecule has 10 heavy (non-hydrogen) atoms. The van der Waals surface area contributed by atoms with E-state index in [-0.39, 0.29) is 5.82 Å². The first-order valence-electron chi connectivity index (χ1n) is 3.08. The van der Waals surface area contributed by atoms with Crippen LogP contribution < -0.4 is 11.2 Å². The molecule has 0 amide bonds. The van der Waals surface area contributed by atoms with Gasteiger partial charge in [0.2, 0.25) is 0 Å². The highest BCUT2D eigenvalue weighted by Crippen LogP contribution is 2.01. The molecule has 0 unspecified atom stereocenters. The van der Waals surface area contributed by atoms with Crippen molar-refractivity contribution in [3.05, 3.63) is 24.0 Å². The molecule has 0 aliphatic rings. The summed E-state index contributed by atoms with van der Waals surface area (Å²) in [5, 5.41) is 0. The van der Waals surface area contributed by atoms with E-state index >= 15 is 0 Å². The number of hydrogen-bond donors (Lipinski definition) is 1. The maximum atomic E-state index is 12.4. The molecule has 0 fully saturated rings. The number of nitrogen functional groups attached to an aromatic ring is 1. The quantitative estimate of drug-likeness (QED) is 0.448. The Morgan fingerprint density at radius 2 is 2.20 bits per heavy atom. The van der Waals surface area contributed by atoms with Crippen LogP contribution in [0.4, 0.5) is 10.1 Å². The Morgan fingerprint density at radius 1 is 1.50 bits per heavy atom.